The lowest BCUT2D eigenvalue weighted by Gasteiger charge is -2.12. The Kier molecular flexibility index (Phi) is 5.28. The Labute approximate surface area is 155 Å². The second-order valence-corrected chi connectivity index (χ2v) is 5.88. The second-order valence-electron chi connectivity index (χ2n) is 5.45. The smallest absolute Gasteiger partial charge is 0.334 e. The fraction of sp³-hybridized carbons (Fsp3) is 0.111. The Morgan fingerprint density at radius 1 is 1.08 bits per heavy atom. The molecule has 0 aliphatic carbocycles. The predicted molar refractivity (Wildman–Crippen MR) is 103 cm³/mol. The first-order valence-electron chi connectivity index (χ1n) is 7.95. The lowest BCUT2D eigenvalue weighted by Crippen LogP contribution is -2.06. The molecule has 3 aromatic rings. The zero-order chi connectivity index (χ0) is 18.5. The van der Waals surface area contributed by atoms with Crippen molar-refractivity contribution in [3.8, 4) is 0 Å². The largest absolute Gasteiger partial charge is 0.353 e. The Balaban J connectivity index is 2.00. The average Bonchev–Trinajstić information content (AvgIpc) is 2.62. The maximum absolute atomic E-state index is 11.7. The summed E-state index contributed by atoms with van der Waals surface area (Å²) >= 11 is 5.97. The van der Waals surface area contributed by atoms with Gasteiger partial charge in [-0.05, 0) is 36.2 Å². The molecule has 1 heterocycles. The number of benzene rings is 2. The summed E-state index contributed by atoms with van der Waals surface area (Å²) in [6.07, 6.45) is 2.06. The lowest BCUT2D eigenvalue weighted by molar-refractivity contribution is -0.383. The van der Waals surface area contributed by atoms with Crippen LogP contribution in [0.15, 0.2) is 54.9 Å². The number of nitrogens with one attached hydrogen (secondary N) is 2. The zero-order valence-corrected chi connectivity index (χ0v) is 14.7. The molecule has 0 radical (unpaired) electrons. The highest BCUT2D eigenvalue weighted by Gasteiger charge is 2.23. The number of nitrogens with zero attached hydrogens (tertiary/aromatic N) is 3. The van der Waals surface area contributed by atoms with Crippen LogP contribution in [0.4, 0.5) is 28.7 Å². The zero-order valence-electron chi connectivity index (χ0n) is 13.9. The molecular weight excluding hydrogens is 354 g/mol. The van der Waals surface area contributed by atoms with Crippen molar-refractivity contribution in [1.29, 1.82) is 0 Å². The summed E-state index contributed by atoms with van der Waals surface area (Å²) in [4.78, 5) is 19.2. The van der Waals surface area contributed by atoms with Crippen LogP contribution in [0.2, 0.25) is 5.02 Å². The fourth-order valence-electron chi connectivity index (χ4n) is 2.52. The van der Waals surface area contributed by atoms with E-state index in [4.69, 9.17) is 11.6 Å². The number of aromatic nitrogens is 2. The van der Waals surface area contributed by atoms with Crippen LogP contribution in [0.25, 0.3) is 0 Å². The average molecular weight is 370 g/mol. The number of para-hydroxylation sites is 1. The Morgan fingerprint density at radius 3 is 2.50 bits per heavy atom. The van der Waals surface area contributed by atoms with Crippen LogP contribution in [-0.4, -0.2) is 14.9 Å². The number of anilines is 4. The number of aryl methyl sites for hydroxylation is 1. The van der Waals surface area contributed by atoms with Crippen LogP contribution in [-0.2, 0) is 6.42 Å². The molecule has 0 amide bonds. The third kappa shape index (κ3) is 3.89. The Hall–Kier alpha value is -3.19. The molecule has 0 saturated heterocycles. The van der Waals surface area contributed by atoms with Crippen LogP contribution in [0.1, 0.15) is 12.5 Å². The van der Waals surface area contributed by atoms with Crippen molar-refractivity contribution in [2.75, 3.05) is 10.6 Å². The first-order chi connectivity index (χ1) is 12.6. The molecule has 3 rings (SSSR count). The number of hydrogen-bond acceptors (Lipinski definition) is 6. The quantitative estimate of drug-likeness (QED) is 0.464. The number of hydrogen-bond donors (Lipinski definition) is 2. The molecule has 0 unspecified atom stereocenters. The minimum Gasteiger partial charge on any atom is -0.334 e. The van der Waals surface area contributed by atoms with E-state index in [-0.39, 0.29) is 17.3 Å². The molecule has 0 aliphatic heterocycles. The molecule has 0 saturated carbocycles. The van der Waals surface area contributed by atoms with Crippen molar-refractivity contribution < 1.29 is 4.92 Å². The van der Waals surface area contributed by atoms with Crippen molar-refractivity contribution in [3.05, 3.63) is 75.6 Å². The van der Waals surface area contributed by atoms with Gasteiger partial charge in [0.2, 0.25) is 11.6 Å². The summed E-state index contributed by atoms with van der Waals surface area (Å²) in [7, 11) is 0. The van der Waals surface area contributed by atoms with Crippen LogP contribution in [0.3, 0.4) is 0 Å². The normalized spacial score (nSPS) is 10.4. The molecule has 2 N–H and O–H groups in total. The van der Waals surface area contributed by atoms with E-state index in [0.29, 0.717) is 10.7 Å². The Bertz CT molecular complexity index is 948. The molecule has 0 aliphatic rings. The third-order valence-corrected chi connectivity index (χ3v) is 3.98. The van der Waals surface area contributed by atoms with Crippen molar-refractivity contribution in [2.24, 2.45) is 0 Å². The van der Waals surface area contributed by atoms with Crippen molar-refractivity contribution in [1.82, 2.24) is 9.97 Å². The van der Waals surface area contributed by atoms with E-state index in [2.05, 4.69) is 20.6 Å². The van der Waals surface area contributed by atoms with E-state index in [1.807, 2.05) is 31.2 Å². The second kappa shape index (κ2) is 7.79. The highest BCUT2D eigenvalue weighted by atomic mass is 35.5. The Morgan fingerprint density at radius 2 is 1.81 bits per heavy atom. The fourth-order valence-corrected chi connectivity index (χ4v) is 2.71. The molecule has 1 aromatic heterocycles. The third-order valence-electron chi connectivity index (χ3n) is 3.74. The summed E-state index contributed by atoms with van der Waals surface area (Å²) in [6.45, 7) is 2.01. The standard InChI is InChI=1S/C18H16ClN5O2/c1-2-12-6-3-4-9-15(12)23-18-16(24(25)26)17(20-11-21-18)22-14-8-5-7-13(19)10-14/h3-11H,2H2,1H3,(H2,20,21,22,23). The molecule has 7 nitrogen and oxygen atoms in total. The van der Waals surface area contributed by atoms with Gasteiger partial charge < -0.3 is 10.6 Å². The summed E-state index contributed by atoms with van der Waals surface area (Å²) in [6, 6.07) is 14.5. The van der Waals surface area contributed by atoms with Gasteiger partial charge in [0.05, 0.1) is 4.92 Å². The van der Waals surface area contributed by atoms with Crippen molar-refractivity contribution in [2.45, 2.75) is 13.3 Å². The van der Waals surface area contributed by atoms with E-state index >= 15 is 0 Å². The van der Waals surface area contributed by atoms with Crippen LogP contribution < -0.4 is 10.6 Å². The topological polar surface area (TPSA) is 93.0 Å². The summed E-state index contributed by atoms with van der Waals surface area (Å²) in [5.41, 5.74) is 2.16. The molecule has 0 fully saturated rings. The first kappa shape index (κ1) is 17.6. The summed E-state index contributed by atoms with van der Waals surface area (Å²) in [5.74, 6) is 0.208. The molecule has 0 atom stereocenters. The van der Waals surface area contributed by atoms with Crippen molar-refractivity contribution in [3.63, 3.8) is 0 Å². The van der Waals surface area contributed by atoms with Crippen LogP contribution in [0, 0.1) is 10.1 Å². The van der Waals surface area contributed by atoms with Gasteiger partial charge in [-0.2, -0.15) is 0 Å². The van der Waals surface area contributed by atoms with Gasteiger partial charge in [-0.3, -0.25) is 10.1 Å². The van der Waals surface area contributed by atoms with Gasteiger partial charge in [0.15, 0.2) is 0 Å². The monoisotopic (exact) mass is 369 g/mol. The highest BCUT2D eigenvalue weighted by Crippen LogP contribution is 2.34. The van der Waals surface area contributed by atoms with Gasteiger partial charge in [-0.1, -0.05) is 42.8 Å². The molecule has 26 heavy (non-hydrogen) atoms. The van der Waals surface area contributed by atoms with E-state index < -0.39 is 4.92 Å². The molecule has 2 aromatic carbocycles. The highest BCUT2D eigenvalue weighted by molar-refractivity contribution is 6.30. The van der Waals surface area contributed by atoms with Gasteiger partial charge in [0.25, 0.3) is 0 Å². The van der Waals surface area contributed by atoms with Gasteiger partial charge in [0.1, 0.15) is 6.33 Å². The maximum atomic E-state index is 11.7. The summed E-state index contributed by atoms with van der Waals surface area (Å²) in [5, 5.41) is 18.2. The number of rotatable bonds is 6. The van der Waals surface area contributed by atoms with E-state index in [1.54, 1.807) is 24.3 Å². The maximum Gasteiger partial charge on any atom is 0.353 e. The minimum atomic E-state index is -0.510. The van der Waals surface area contributed by atoms with Crippen LogP contribution >= 0.6 is 11.6 Å². The van der Waals surface area contributed by atoms with E-state index in [1.165, 1.54) is 6.33 Å². The van der Waals surface area contributed by atoms with Gasteiger partial charge >= 0.3 is 5.69 Å². The molecule has 0 bridgehead atoms. The predicted octanol–water partition coefficient (Wildman–Crippen LogP) is 5.09. The van der Waals surface area contributed by atoms with Gasteiger partial charge in [0, 0.05) is 16.4 Å². The SMILES string of the molecule is CCc1ccccc1Nc1ncnc(Nc2cccc(Cl)c2)c1[N+](=O)[O-]. The number of halogens is 1. The van der Waals surface area contributed by atoms with E-state index in [0.717, 1.165) is 17.7 Å². The lowest BCUT2D eigenvalue weighted by atomic mass is 10.1. The molecule has 0 spiro atoms. The number of nitro groups is 1. The van der Waals surface area contributed by atoms with E-state index in [9.17, 15) is 10.1 Å². The van der Waals surface area contributed by atoms with Crippen molar-refractivity contribution >= 4 is 40.3 Å². The van der Waals surface area contributed by atoms with Gasteiger partial charge in [-0.25, -0.2) is 9.97 Å². The first-order valence-corrected chi connectivity index (χ1v) is 8.33. The molecule has 8 heteroatoms. The minimum absolute atomic E-state index is 0.0868. The van der Waals surface area contributed by atoms with Gasteiger partial charge in [-0.15, -0.1) is 0 Å². The van der Waals surface area contributed by atoms with Crippen LogP contribution in [0.5, 0.6) is 0 Å². The summed E-state index contributed by atoms with van der Waals surface area (Å²) < 4.78 is 0. The molecule has 132 valence electrons. The molecular formula is C18H16ClN5O2.